The van der Waals surface area contributed by atoms with Gasteiger partial charge in [-0.2, -0.15) is 0 Å². The van der Waals surface area contributed by atoms with E-state index in [1.165, 1.54) is 0 Å². The lowest BCUT2D eigenvalue weighted by Crippen LogP contribution is -2.28. The molecule has 0 atom stereocenters. The van der Waals surface area contributed by atoms with E-state index in [9.17, 15) is 8.42 Å². The fraction of sp³-hybridized carbons (Fsp3) is 0.500. The lowest BCUT2D eigenvalue weighted by atomic mass is 10.4. The van der Waals surface area contributed by atoms with E-state index >= 15 is 0 Å². The first-order valence-corrected chi connectivity index (χ1v) is 10.5. The number of hydrogen-bond acceptors (Lipinski definition) is 3. The molecule has 0 fully saturated rings. The quantitative estimate of drug-likeness (QED) is 0.748. The zero-order chi connectivity index (χ0) is 12.9. The number of hydrogen-bond donors (Lipinski definition) is 0. The maximum absolute atomic E-state index is 12.0. The summed E-state index contributed by atoms with van der Waals surface area (Å²) in [5.41, 5.74) is 0. The fourth-order valence-electron chi connectivity index (χ4n) is 1.54. The van der Waals surface area contributed by atoms with E-state index in [0.717, 1.165) is 6.04 Å². The average molecular weight is 272 g/mol. The van der Waals surface area contributed by atoms with Gasteiger partial charge in [-0.3, -0.25) is 0 Å². The Balaban J connectivity index is 2.58. The molecule has 0 radical (unpaired) electrons. The van der Waals surface area contributed by atoms with Crippen LogP contribution < -0.4 is 0 Å². The van der Waals surface area contributed by atoms with Gasteiger partial charge in [-0.1, -0.05) is 18.2 Å². The van der Waals surface area contributed by atoms with Crippen LogP contribution in [0.2, 0.25) is 19.1 Å². The van der Waals surface area contributed by atoms with E-state index in [2.05, 4.69) is 13.1 Å². The van der Waals surface area contributed by atoms with Crippen molar-refractivity contribution in [2.75, 3.05) is 12.9 Å². The standard InChI is InChI=1S/C12H20O3SSi/c1-15-17(2,3)11-7-10-16(13,14)12-8-5-4-6-9-12/h4-6,8-9H,7,10-11H2,1-3H3. The van der Waals surface area contributed by atoms with Crippen LogP contribution in [0.1, 0.15) is 6.42 Å². The Hall–Kier alpha value is -0.653. The van der Waals surface area contributed by atoms with Crippen LogP contribution in [0, 0.1) is 0 Å². The summed E-state index contributed by atoms with van der Waals surface area (Å²) < 4.78 is 29.4. The summed E-state index contributed by atoms with van der Waals surface area (Å²) in [5, 5.41) is 0. The van der Waals surface area contributed by atoms with Gasteiger partial charge in [0.15, 0.2) is 18.2 Å². The monoisotopic (exact) mass is 272 g/mol. The Morgan fingerprint density at radius 3 is 2.29 bits per heavy atom. The van der Waals surface area contributed by atoms with Crippen LogP contribution in [0.3, 0.4) is 0 Å². The molecule has 1 aromatic carbocycles. The Morgan fingerprint density at radius 1 is 1.18 bits per heavy atom. The third kappa shape index (κ3) is 4.61. The normalized spacial score (nSPS) is 12.6. The molecule has 1 aromatic rings. The van der Waals surface area contributed by atoms with Gasteiger partial charge in [0, 0.05) is 7.11 Å². The van der Waals surface area contributed by atoms with Crippen molar-refractivity contribution in [2.24, 2.45) is 0 Å². The van der Waals surface area contributed by atoms with Gasteiger partial charge in [-0.25, -0.2) is 8.42 Å². The van der Waals surface area contributed by atoms with Crippen molar-refractivity contribution in [1.82, 2.24) is 0 Å². The first kappa shape index (κ1) is 14.4. The highest BCUT2D eigenvalue weighted by molar-refractivity contribution is 7.91. The zero-order valence-electron chi connectivity index (χ0n) is 10.6. The highest BCUT2D eigenvalue weighted by Gasteiger charge is 2.22. The number of sulfone groups is 1. The van der Waals surface area contributed by atoms with Crippen LogP contribution in [0.25, 0.3) is 0 Å². The molecule has 0 saturated heterocycles. The Morgan fingerprint density at radius 2 is 1.76 bits per heavy atom. The second-order valence-corrected chi connectivity index (χ2v) is 11.2. The van der Waals surface area contributed by atoms with Crippen LogP contribution in [-0.4, -0.2) is 29.6 Å². The summed E-state index contributed by atoms with van der Waals surface area (Å²) in [6, 6.07) is 9.49. The van der Waals surface area contributed by atoms with Crippen LogP contribution in [-0.2, 0) is 14.3 Å². The van der Waals surface area contributed by atoms with E-state index in [0.29, 0.717) is 11.3 Å². The van der Waals surface area contributed by atoms with Gasteiger partial charge in [0.25, 0.3) is 0 Å². The first-order chi connectivity index (χ1) is 7.87. The van der Waals surface area contributed by atoms with Gasteiger partial charge in [0.05, 0.1) is 10.6 Å². The summed E-state index contributed by atoms with van der Waals surface area (Å²) in [6.45, 7) is 4.20. The van der Waals surface area contributed by atoms with E-state index in [1.807, 2.05) is 6.07 Å². The molecule has 0 bridgehead atoms. The van der Waals surface area contributed by atoms with Crippen LogP contribution in [0.15, 0.2) is 35.2 Å². The Labute approximate surface area is 105 Å². The lowest BCUT2D eigenvalue weighted by Gasteiger charge is -2.19. The Bertz CT molecular complexity index is 440. The molecule has 0 aliphatic rings. The molecule has 0 saturated carbocycles. The smallest absolute Gasteiger partial charge is 0.186 e. The van der Waals surface area contributed by atoms with Crippen molar-refractivity contribution in [3.63, 3.8) is 0 Å². The maximum atomic E-state index is 12.0. The molecule has 0 unspecified atom stereocenters. The molecule has 96 valence electrons. The third-order valence-electron chi connectivity index (χ3n) is 2.85. The fourth-order valence-corrected chi connectivity index (χ4v) is 4.36. The highest BCUT2D eigenvalue weighted by atomic mass is 32.2. The average Bonchev–Trinajstić information content (AvgIpc) is 2.30. The minimum atomic E-state index is -3.12. The molecule has 1 rings (SSSR count). The van der Waals surface area contributed by atoms with Crippen molar-refractivity contribution in [1.29, 1.82) is 0 Å². The van der Waals surface area contributed by atoms with E-state index < -0.39 is 18.2 Å². The summed E-state index contributed by atoms with van der Waals surface area (Å²) in [4.78, 5) is 0.414. The largest absolute Gasteiger partial charge is 0.420 e. The van der Waals surface area contributed by atoms with Crippen molar-refractivity contribution in [3.8, 4) is 0 Å². The maximum Gasteiger partial charge on any atom is 0.186 e. The molecule has 5 heteroatoms. The number of benzene rings is 1. The summed E-state index contributed by atoms with van der Waals surface area (Å²) >= 11 is 0. The topological polar surface area (TPSA) is 43.4 Å². The van der Waals surface area contributed by atoms with Gasteiger partial charge in [0.1, 0.15) is 0 Å². The molecule has 0 aliphatic heterocycles. The van der Waals surface area contributed by atoms with E-state index in [4.69, 9.17) is 4.43 Å². The SMILES string of the molecule is CO[Si](C)(C)CCCS(=O)(=O)c1ccccc1. The summed E-state index contributed by atoms with van der Waals surface area (Å²) in [5.74, 6) is 0.205. The van der Waals surface area contributed by atoms with E-state index in [1.54, 1.807) is 31.4 Å². The first-order valence-electron chi connectivity index (χ1n) is 5.70. The highest BCUT2D eigenvalue weighted by Crippen LogP contribution is 2.16. The molecule has 0 heterocycles. The molecule has 0 aliphatic carbocycles. The van der Waals surface area contributed by atoms with Crippen molar-refractivity contribution in [2.45, 2.75) is 30.5 Å². The van der Waals surface area contributed by atoms with E-state index in [-0.39, 0.29) is 5.75 Å². The van der Waals surface area contributed by atoms with Gasteiger partial charge >= 0.3 is 0 Å². The molecule has 17 heavy (non-hydrogen) atoms. The summed E-state index contributed by atoms with van der Waals surface area (Å²) in [6.07, 6.45) is 0.671. The van der Waals surface area contributed by atoms with Crippen LogP contribution in [0.4, 0.5) is 0 Å². The van der Waals surface area contributed by atoms with Crippen LogP contribution in [0.5, 0.6) is 0 Å². The third-order valence-corrected chi connectivity index (χ3v) is 7.33. The predicted molar refractivity (Wildman–Crippen MR) is 72.4 cm³/mol. The molecule has 0 spiro atoms. The molecule has 0 N–H and O–H groups in total. The van der Waals surface area contributed by atoms with Crippen LogP contribution >= 0.6 is 0 Å². The lowest BCUT2D eigenvalue weighted by molar-refractivity contribution is 0.403. The van der Waals surface area contributed by atoms with Crippen molar-refractivity contribution >= 4 is 18.2 Å². The van der Waals surface area contributed by atoms with Crippen molar-refractivity contribution in [3.05, 3.63) is 30.3 Å². The predicted octanol–water partition coefficient (Wildman–Crippen LogP) is 2.70. The minimum Gasteiger partial charge on any atom is -0.420 e. The second-order valence-electron chi connectivity index (χ2n) is 4.70. The molecule has 3 nitrogen and oxygen atoms in total. The second kappa shape index (κ2) is 5.80. The molecule has 0 aromatic heterocycles. The molecule has 0 amide bonds. The van der Waals surface area contributed by atoms with Gasteiger partial charge in [-0.05, 0) is 37.7 Å². The zero-order valence-corrected chi connectivity index (χ0v) is 12.5. The summed E-state index contributed by atoms with van der Waals surface area (Å²) in [7, 11) is -3.06. The van der Waals surface area contributed by atoms with Gasteiger partial charge < -0.3 is 4.43 Å². The molecular formula is C12H20O3SSi. The van der Waals surface area contributed by atoms with Gasteiger partial charge in [0.2, 0.25) is 0 Å². The Kier molecular flexibility index (Phi) is 4.91. The van der Waals surface area contributed by atoms with Gasteiger partial charge in [-0.15, -0.1) is 0 Å². The molecular weight excluding hydrogens is 252 g/mol. The number of rotatable bonds is 6. The van der Waals surface area contributed by atoms with Crippen molar-refractivity contribution < 1.29 is 12.8 Å². The minimum absolute atomic E-state index is 0.205.